The third kappa shape index (κ3) is 3.08. The highest BCUT2D eigenvalue weighted by atomic mass is 16.3. The molecule has 0 aliphatic carbocycles. The van der Waals surface area contributed by atoms with Crippen LogP contribution in [0.15, 0.2) is 0 Å². The number of likely N-dealkylation sites (tertiary alicyclic amines) is 2. The van der Waals surface area contributed by atoms with Crippen LogP contribution in [0.3, 0.4) is 0 Å². The van der Waals surface area contributed by atoms with E-state index in [-0.39, 0.29) is 5.91 Å². The second-order valence-electron chi connectivity index (χ2n) is 5.76. The van der Waals surface area contributed by atoms with E-state index in [4.69, 9.17) is 5.73 Å². The largest absolute Gasteiger partial charge is 0.391 e. The van der Waals surface area contributed by atoms with Crippen LogP contribution in [-0.2, 0) is 14.4 Å². The highest BCUT2D eigenvalue weighted by Crippen LogP contribution is 2.24. The fourth-order valence-electron chi connectivity index (χ4n) is 3.03. The van der Waals surface area contributed by atoms with Crippen LogP contribution in [0, 0.1) is 0 Å². The number of carbonyl (C=O) groups excluding carboxylic acids is 3. The summed E-state index contributed by atoms with van der Waals surface area (Å²) in [6.07, 6.45) is 3.62. The summed E-state index contributed by atoms with van der Waals surface area (Å²) in [5.74, 6) is -0.615. The van der Waals surface area contributed by atoms with Crippen LogP contribution in [-0.4, -0.2) is 70.3 Å². The molecular formula is C14H22N3O4. The van der Waals surface area contributed by atoms with Crippen LogP contribution in [0.25, 0.3) is 0 Å². The summed E-state index contributed by atoms with van der Waals surface area (Å²) >= 11 is 0. The van der Waals surface area contributed by atoms with Crippen molar-refractivity contribution in [1.82, 2.24) is 9.80 Å². The monoisotopic (exact) mass is 296 g/mol. The van der Waals surface area contributed by atoms with E-state index in [1.807, 2.05) is 6.29 Å². The van der Waals surface area contributed by atoms with Gasteiger partial charge in [-0.25, -0.2) is 0 Å². The van der Waals surface area contributed by atoms with Crippen molar-refractivity contribution >= 4 is 18.1 Å². The van der Waals surface area contributed by atoms with Crippen molar-refractivity contribution in [2.75, 3.05) is 13.1 Å². The fourth-order valence-corrected chi connectivity index (χ4v) is 3.03. The number of nitrogens with zero attached hydrogens (tertiary/aromatic N) is 2. The van der Waals surface area contributed by atoms with Gasteiger partial charge >= 0.3 is 0 Å². The van der Waals surface area contributed by atoms with E-state index in [9.17, 15) is 19.5 Å². The van der Waals surface area contributed by atoms with Gasteiger partial charge in [-0.2, -0.15) is 0 Å². The molecule has 7 heteroatoms. The van der Waals surface area contributed by atoms with Gasteiger partial charge < -0.3 is 20.6 Å². The lowest BCUT2D eigenvalue weighted by Crippen LogP contribution is -2.55. The Bertz CT molecular complexity index is 426. The van der Waals surface area contributed by atoms with Gasteiger partial charge in [0.05, 0.1) is 12.1 Å². The predicted octanol–water partition coefficient (Wildman–Crippen LogP) is -1.21. The molecule has 0 bridgehead atoms. The average Bonchev–Trinajstić information content (AvgIpc) is 3.12. The number of hydrogen-bond donors (Lipinski definition) is 2. The van der Waals surface area contributed by atoms with E-state index in [2.05, 4.69) is 0 Å². The number of hydrogen-bond acceptors (Lipinski definition) is 5. The molecule has 1 radical (unpaired) electrons. The molecule has 21 heavy (non-hydrogen) atoms. The number of amides is 2. The highest BCUT2D eigenvalue weighted by Gasteiger charge is 2.41. The maximum atomic E-state index is 12.6. The van der Waals surface area contributed by atoms with E-state index in [0.717, 1.165) is 12.8 Å². The van der Waals surface area contributed by atoms with E-state index >= 15 is 0 Å². The predicted molar refractivity (Wildman–Crippen MR) is 74.8 cm³/mol. The van der Waals surface area contributed by atoms with Gasteiger partial charge in [-0.1, -0.05) is 0 Å². The van der Waals surface area contributed by atoms with Gasteiger partial charge in [-0.05, 0) is 32.6 Å². The number of rotatable bonds is 4. The van der Waals surface area contributed by atoms with Crippen molar-refractivity contribution in [2.24, 2.45) is 5.73 Å². The molecule has 2 aliphatic heterocycles. The van der Waals surface area contributed by atoms with Crippen molar-refractivity contribution in [2.45, 2.75) is 56.8 Å². The maximum Gasteiger partial charge on any atom is 0.246 e. The third-order valence-corrected chi connectivity index (χ3v) is 4.30. The lowest BCUT2D eigenvalue weighted by Gasteiger charge is -2.31. The first kappa shape index (κ1) is 15.9. The Morgan fingerprint density at radius 1 is 1.24 bits per heavy atom. The quantitative estimate of drug-likeness (QED) is 0.677. The molecule has 2 fully saturated rings. The van der Waals surface area contributed by atoms with Crippen molar-refractivity contribution in [3.8, 4) is 0 Å². The zero-order valence-corrected chi connectivity index (χ0v) is 12.2. The fraction of sp³-hybridized carbons (Fsp3) is 0.786. The zero-order valence-electron chi connectivity index (χ0n) is 12.2. The Labute approximate surface area is 124 Å². The summed E-state index contributed by atoms with van der Waals surface area (Å²) in [6.45, 7) is 2.44. The van der Waals surface area contributed by atoms with Crippen molar-refractivity contribution in [3.63, 3.8) is 0 Å². The number of aliphatic hydroxyl groups excluding tert-OH is 1. The minimum atomic E-state index is -1.02. The molecule has 0 spiro atoms. The van der Waals surface area contributed by atoms with Crippen LogP contribution in [0.4, 0.5) is 0 Å². The third-order valence-electron chi connectivity index (χ3n) is 4.30. The Kier molecular flexibility index (Phi) is 4.95. The standard InChI is InChI=1S/C14H22N3O4/c1-9(19)12(15)14(21)17-7-3-5-11(17)13(20)16-6-2-4-10(16)8-18/h9-12,19H,2-7,15H2,1H3/t9-,10+,11+,12+/m1/s1. The molecule has 2 rings (SSSR count). The number of aliphatic hydroxyl groups is 1. The average molecular weight is 296 g/mol. The minimum absolute atomic E-state index is 0.204. The molecule has 7 nitrogen and oxygen atoms in total. The van der Waals surface area contributed by atoms with Gasteiger partial charge in [0.25, 0.3) is 0 Å². The summed E-state index contributed by atoms with van der Waals surface area (Å²) in [4.78, 5) is 38.7. The van der Waals surface area contributed by atoms with Gasteiger partial charge in [-0.3, -0.25) is 14.4 Å². The molecule has 0 aromatic heterocycles. The van der Waals surface area contributed by atoms with E-state index < -0.39 is 30.1 Å². The van der Waals surface area contributed by atoms with Crippen LogP contribution < -0.4 is 5.73 Å². The van der Waals surface area contributed by atoms with Crippen molar-refractivity contribution in [3.05, 3.63) is 0 Å². The highest BCUT2D eigenvalue weighted by molar-refractivity contribution is 5.91. The van der Waals surface area contributed by atoms with Gasteiger partial charge in [0.1, 0.15) is 12.1 Å². The Hall–Kier alpha value is -1.47. The first-order valence-corrected chi connectivity index (χ1v) is 7.39. The topological polar surface area (TPSA) is 104 Å². The van der Waals surface area contributed by atoms with Crippen LogP contribution in [0.5, 0.6) is 0 Å². The Morgan fingerprint density at radius 3 is 2.48 bits per heavy atom. The van der Waals surface area contributed by atoms with Crippen LogP contribution in [0.2, 0.25) is 0 Å². The first-order valence-electron chi connectivity index (χ1n) is 7.39. The summed E-state index contributed by atoms with van der Waals surface area (Å²) < 4.78 is 0. The first-order chi connectivity index (χ1) is 9.97. The molecule has 2 amide bonds. The maximum absolute atomic E-state index is 12.6. The smallest absolute Gasteiger partial charge is 0.246 e. The number of nitrogens with two attached hydrogens (primary N) is 1. The summed E-state index contributed by atoms with van der Waals surface area (Å²) in [5, 5.41) is 9.45. The summed E-state index contributed by atoms with van der Waals surface area (Å²) in [7, 11) is 0. The van der Waals surface area contributed by atoms with Crippen molar-refractivity contribution < 1.29 is 19.5 Å². The molecule has 2 saturated heterocycles. The summed E-state index contributed by atoms with van der Waals surface area (Å²) in [5.41, 5.74) is 5.68. The van der Waals surface area contributed by atoms with E-state index in [1.54, 1.807) is 0 Å². The molecule has 2 aliphatic rings. The summed E-state index contributed by atoms with van der Waals surface area (Å²) in [6, 6.07) is -2.10. The Balaban J connectivity index is 2.09. The second-order valence-corrected chi connectivity index (χ2v) is 5.76. The minimum Gasteiger partial charge on any atom is -0.391 e. The SMILES string of the molecule is C[C@@H](O)[C@H](N)C(=O)N1CCC[C@H]1C(=O)N1CCC[C@H]1[C]=O. The van der Waals surface area contributed by atoms with Gasteiger partial charge in [0.15, 0.2) is 0 Å². The van der Waals surface area contributed by atoms with Gasteiger partial charge in [0.2, 0.25) is 18.1 Å². The molecule has 0 aromatic carbocycles. The molecule has 0 saturated carbocycles. The molecule has 4 atom stereocenters. The number of carbonyl (C=O) groups is 2. The lowest BCUT2D eigenvalue weighted by atomic mass is 10.1. The molecule has 0 unspecified atom stereocenters. The van der Waals surface area contributed by atoms with Crippen LogP contribution in [0.1, 0.15) is 32.6 Å². The molecule has 117 valence electrons. The molecule has 0 aromatic rings. The van der Waals surface area contributed by atoms with Gasteiger partial charge in [0, 0.05) is 13.1 Å². The van der Waals surface area contributed by atoms with Gasteiger partial charge in [-0.15, -0.1) is 0 Å². The molecule has 3 N–H and O–H groups in total. The van der Waals surface area contributed by atoms with E-state index in [0.29, 0.717) is 25.9 Å². The second kappa shape index (κ2) is 6.53. The lowest BCUT2D eigenvalue weighted by molar-refractivity contribution is -0.145. The normalized spacial score (nSPS) is 28.5. The molecule has 2 heterocycles. The zero-order chi connectivity index (χ0) is 15.6. The van der Waals surface area contributed by atoms with E-state index in [1.165, 1.54) is 16.7 Å². The molecular weight excluding hydrogens is 274 g/mol. The van der Waals surface area contributed by atoms with Crippen molar-refractivity contribution in [1.29, 1.82) is 0 Å². The Morgan fingerprint density at radius 2 is 1.86 bits per heavy atom. The van der Waals surface area contributed by atoms with Crippen LogP contribution >= 0.6 is 0 Å².